The monoisotopic (exact) mass is 249 g/mol. The lowest BCUT2D eigenvalue weighted by Gasteiger charge is -2.33. The summed E-state index contributed by atoms with van der Waals surface area (Å²) < 4.78 is 5.77. The zero-order chi connectivity index (χ0) is 13.1. The summed E-state index contributed by atoms with van der Waals surface area (Å²) in [6, 6.07) is 2.50. The Morgan fingerprint density at radius 3 is 2.56 bits per heavy atom. The Labute approximate surface area is 109 Å². The summed E-state index contributed by atoms with van der Waals surface area (Å²) >= 11 is 0. The van der Waals surface area contributed by atoms with Gasteiger partial charge in [0.1, 0.15) is 0 Å². The minimum Gasteiger partial charge on any atom is -0.379 e. The highest BCUT2D eigenvalue weighted by atomic mass is 16.5. The van der Waals surface area contributed by atoms with Crippen molar-refractivity contribution in [3.63, 3.8) is 0 Å². The lowest BCUT2D eigenvalue weighted by Crippen LogP contribution is -2.37. The Morgan fingerprint density at radius 2 is 1.94 bits per heavy atom. The predicted molar refractivity (Wildman–Crippen MR) is 75.2 cm³/mol. The second-order valence-electron chi connectivity index (χ2n) is 5.36. The Bertz CT molecular complexity index is 384. The first-order valence-electron chi connectivity index (χ1n) is 6.59. The van der Waals surface area contributed by atoms with Gasteiger partial charge in [-0.3, -0.25) is 4.98 Å². The third-order valence-electron chi connectivity index (χ3n) is 3.34. The smallest absolute Gasteiger partial charge is 0.0766 e. The fourth-order valence-electron chi connectivity index (χ4n) is 2.63. The molecule has 4 heteroatoms. The van der Waals surface area contributed by atoms with Crippen molar-refractivity contribution in [2.24, 2.45) is 0 Å². The summed E-state index contributed by atoms with van der Waals surface area (Å²) in [6.07, 6.45) is 6.48. The fourth-order valence-corrected chi connectivity index (χ4v) is 2.63. The van der Waals surface area contributed by atoms with Gasteiger partial charge in [0.2, 0.25) is 0 Å². The van der Waals surface area contributed by atoms with Crippen LogP contribution < -0.4 is 10.2 Å². The SMILES string of the molecule is CC1CC(Nc2cnccc2N(C)C)CC(C)O1. The first kappa shape index (κ1) is 13.1. The second kappa shape index (κ2) is 5.57. The highest BCUT2D eigenvalue weighted by molar-refractivity contribution is 5.68. The van der Waals surface area contributed by atoms with Gasteiger partial charge in [0.25, 0.3) is 0 Å². The molecule has 1 fully saturated rings. The number of ether oxygens (including phenoxy) is 1. The second-order valence-corrected chi connectivity index (χ2v) is 5.36. The van der Waals surface area contributed by atoms with Gasteiger partial charge in [-0.2, -0.15) is 0 Å². The van der Waals surface area contributed by atoms with E-state index in [1.807, 2.05) is 18.5 Å². The summed E-state index contributed by atoms with van der Waals surface area (Å²) in [5, 5.41) is 3.61. The molecular weight excluding hydrogens is 226 g/mol. The molecule has 2 unspecified atom stereocenters. The molecule has 1 saturated heterocycles. The Kier molecular flexibility index (Phi) is 4.07. The molecule has 1 aliphatic rings. The number of anilines is 2. The normalized spacial score (nSPS) is 27.9. The maximum absolute atomic E-state index is 5.77. The Balaban J connectivity index is 2.09. The molecule has 18 heavy (non-hydrogen) atoms. The average Bonchev–Trinajstić information content (AvgIpc) is 2.27. The maximum Gasteiger partial charge on any atom is 0.0766 e. The minimum absolute atomic E-state index is 0.325. The van der Waals surface area contributed by atoms with Gasteiger partial charge in [0, 0.05) is 26.3 Å². The molecule has 0 aliphatic carbocycles. The lowest BCUT2D eigenvalue weighted by molar-refractivity contribution is -0.0337. The van der Waals surface area contributed by atoms with Gasteiger partial charge in [-0.15, -0.1) is 0 Å². The van der Waals surface area contributed by atoms with Crippen molar-refractivity contribution in [3.05, 3.63) is 18.5 Å². The molecule has 4 nitrogen and oxygen atoms in total. The quantitative estimate of drug-likeness (QED) is 0.893. The Hall–Kier alpha value is -1.29. The Morgan fingerprint density at radius 1 is 1.28 bits per heavy atom. The molecular formula is C14H23N3O. The van der Waals surface area contributed by atoms with Crippen molar-refractivity contribution in [3.8, 4) is 0 Å². The maximum atomic E-state index is 5.77. The molecule has 2 rings (SSSR count). The van der Waals surface area contributed by atoms with E-state index in [2.05, 4.69) is 43.1 Å². The van der Waals surface area contributed by atoms with Crippen LogP contribution in [-0.4, -0.2) is 37.3 Å². The molecule has 0 amide bonds. The third kappa shape index (κ3) is 3.13. The van der Waals surface area contributed by atoms with Gasteiger partial charge in [0.15, 0.2) is 0 Å². The summed E-state index contributed by atoms with van der Waals surface area (Å²) in [5.41, 5.74) is 2.28. The van der Waals surface area contributed by atoms with E-state index in [1.165, 1.54) is 5.69 Å². The fraction of sp³-hybridized carbons (Fsp3) is 0.643. The van der Waals surface area contributed by atoms with Crippen molar-refractivity contribution in [1.82, 2.24) is 4.98 Å². The van der Waals surface area contributed by atoms with Gasteiger partial charge in [-0.05, 0) is 32.8 Å². The summed E-state index contributed by atoms with van der Waals surface area (Å²) in [7, 11) is 4.10. The van der Waals surface area contributed by atoms with Crippen molar-refractivity contribution in [2.75, 3.05) is 24.3 Å². The van der Waals surface area contributed by atoms with E-state index in [1.54, 1.807) is 0 Å². The highest BCUT2D eigenvalue weighted by Gasteiger charge is 2.24. The van der Waals surface area contributed by atoms with Crippen molar-refractivity contribution >= 4 is 11.4 Å². The first-order chi connectivity index (χ1) is 8.56. The zero-order valence-corrected chi connectivity index (χ0v) is 11.7. The van der Waals surface area contributed by atoms with E-state index < -0.39 is 0 Å². The number of pyridine rings is 1. The topological polar surface area (TPSA) is 37.4 Å². The van der Waals surface area contributed by atoms with Crippen LogP contribution in [0.5, 0.6) is 0 Å². The van der Waals surface area contributed by atoms with Crippen molar-refractivity contribution < 1.29 is 4.74 Å². The van der Waals surface area contributed by atoms with Crippen LogP contribution in [0, 0.1) is 0 Å². The molecule has 1 aliphatic heterocycles. The van der Waals surface area contributed by atoms with Crippen LogP contribution in [-0.2, 0) is 4.74 Å². The summed E-state index contributed by atoms with van der Waals surface area (Å²) in [5.74, 6) is 0. The number of hydrogen-bond donors (Lipinski definition) is 1. The van der Waals surface area contributed by atoms with Gasteiger partial charge in [-0.1, -0.05) is 0 Å². The van der Waals surface area contributed by atoms with Crippen LogP contribution in [0.15, 0.2) is 18.5 Å². The van der Waals surface area contributed by atoms with E-state index >= 15 is 0 Å². The lowest BCUT2D eigenvalue weighted by atomic mass is 9.99. The van der Waals surface area contributed by atoms with Gasteiger partial charge in [-0.25, -0.2) is 0 Å². The summed E-state index contributed by atoms with van der Waals surface area (Å²) in [4.78, 5) is 6.32. The van der Waals surface area contributed by atoms with Gasteiger partial charge in [0.05, 0.1) is 29.8 Å². The molecule has 1 N–H and O–H groups in total. The standard InChI is InChI=1S/C14H23N3O/c1-10-7-12(8-11(2)18-10)16-13-9-15-6-5-14(13)17(3)4/h5-6,9-12,16H,7-8H2,1-4H3. The number of nitrogens with one attached hydrogen (secondary N) is 1. The van der Waals surface area contributed by atoms with Crippen LogP contribution in [0.3, 0.4) is 0 Å². The molecule has 2 heterocycles. The van der Waals surface area contributed by atoms with E-state index in [9.17, 15) is 0 Å². The average molecular weight is 249 g/mol. The first-order valence-corrected chi connectivity index (χ1v) is 6.59. The molecule has 1 aromatic heterocycles. The van der Waals surface area contributed by atoms with E-state index in [4.69, 9.17) is 4.74 Å². The molecule has 100 valence electrons. The molecule has 0 spiro atoms. The van der Waals surface area contributed by atoms with E-state index in [0.29, 0.717) is 18.2 Å². The van der Waals surface area contributed by atoms with Crippen LogP contribution in [0.4, 0.5) is 11.4 Å². The minimum atomic E-state index is 0.325. The molecule has 0 bridgehead atoms. The van der Waals surface area contributed by atoms with Crippen LogP contribution in [0.2, 0.25) is 0 Å². The zero-order valence-electron chi connectivity index (χ0n) is 11.7. The molecule has 0 radical (unpaired) electrons. The summed E-state index contributed by atoms with van der Waals surface area (Å²) in [6.45, 7) is 4.28. The third-order valence-corrected chi connectivity index (χ3v) is 3.34. The largest absolute Gasteiger partial charge is 0.379 e. The van der Waals surface area contributed by atoms with Crippen molar-refractivity contribution in [1.29, 1.82) is 0 Å². The van der Waals surface area contributed by atoms with Gasteiger partial charge < -0.3 is 15.0 Å². The van der Waals surface area contributed by atoms with Crippen LogP contribution in [0.25, 0.3) is 0 Å². The van der Waals surface area contributed by atoms with Crippen LogP contribution in [0.1, 0.15) is 26.7 Å². The number of aromatic nitrogens is 1. The highest BCUT2D eigenvalue weighted by Crippen LogP contribution is 2.27. The molecule has 0 saturated carbocycles. The van der Waals surface area contributed by atoms with E-state index in [0.717, 1.165) is 18.5 Å². The van der Waals surface area contributed by atoms with E-state index in [-0.39, 0.29) is 0 Å². The van der Waals surface area contributed by atoms with Gasteiger partial charge >= 0.3 is 0 Å². The predicted octanol–water partition coefficient (Wildman–Crippen LogP) is 2.52. The molecule has 0 aromatic carbocycles. The number of rotatable bonds is 3. The molecule has 1 aromatic rings. The number of hydrogen-bond acceptors (Lipinski definition) is 4. The molecule has 2 atom stereocenters. The van der Waals surface area contributed by atoms with Crippen molar-refractivity contribution in [2.45, 2.75) is 44.9 Å². The number of nitrogens with zero attached hydrogens (tertiary/aromatic N) is 2. The van der Waals surface area contributed by atoms with Crippen LogP contribution >= 0.6 is 0 Å².